The fraction of sp³-hybridized carbons (Fsp3) is 0.565. The smallest absolute Gasteiger partial charge is 0.340 e. The highest BCUT2D eigenvalue weighted by Crippen LogP contribution is 2.34. The third-order valence-corrected chi connectivity index (χ3v) is 6.20. The standard InChI is InChI=1S/C23H29N3O4/c1-23(2)13-19(27)18(20(28)14-23)15-24-7-8-25-9-11-26(12-10-25)21-16-5-3-4-6-17(16)22(29)30-21/h3-6,15,18,21H,7-14H2,1-2H3/t21-/m1/s1. The molecule has 1 atom stereocenters. The minimum absolute atomic E-state index is 0.0139. The number of hydrogen-bond donors (Lipinski definition) is 0. The number of benzene rings is 1. The largest absolute Gasteiger partial charge is 0.438 e. The number of ether oxygens (including phenoxy) is 1. The van der Waals surface area contributed by atoms with Crippen LogP contribution in [0, 0.1) is 11.3 Å². The van der Waals surface area contributed by atoms with Crippen molar-refractivity contribution in [1.82, 2.24) is 9.80 Å². The number of fused-ring (bicyclic) bond motifs is 1. The van der Waals surface area contributed by atoms with Gasteiger partial charge in [0.05, 0.1) is 12.1 Å². The van der Waals surface area contributed by atoms with Gasteiger partial charge in [0.2, 0.25) is 0 Å². The van der Waals surface area contributed by atoms with Crippen molar-refractivity contribution >= 4 is 23.8 Å². The predicted octanol–water partition coefficient (Wildman–Crippen LogP) is 2.12. The molecule has 2 fully saturated rings. The summed E-state index contributed by atoms with van der Waals surface area (Å²) in [4.78, 5) is 45.4. The molecule has 3 aliphatic rings. The second kappa shape index (κ2) is 8.40. The fourth-order valence-corrected chi connectivity index (χ4v) is 4.57. The van der Waals surface area contributed by atoms with Gasteiger partial charge >= 0.3 is 5.97 Å². The van der Waals surface area contributed by atoms with Gasteiger partial charge in [-0.05, 0) is 11.5 Å². The van der Waals surface area contributed by atoms with E-state index in [9.17, 15) is 14.4 Å². The summed E-state index contributed by atoms with van der Waals surface area (Å²) in [6.07, 6.45) is 2.14. The Morgan fingerprint density at radius 3 is 2.43 bits per heavy atom. The average molecular weight is 412 g/mol. The monoisotopic (exact) mass is 411 g/mol. The molecule has 0 radical (unpaired) electrons. The minimum atomic E-state index is -0.660. The molecule has 7 heteroatoms. The van der Waals surface area contributed by atoms with E-state index in [0.717, 1.165) is 38.3 Å². The second-order valence-corrected chi connectivity index (χ2v) is 9.21. The number of carbonyl (C=O) groups excluding carboxylic acids is 3. The number of cyclic esters (lactones) is 1. The summed E-state index contributed by atoms with van der Waals surface area (Å²) < 4.78 is 5.59. The Morgan fingerprint density at radius 2 is 1.73 bits per heavy atom. The van der Waals surface area contributed by atoms with Crippen molar-refractivity contribution in [3.8, 4) is 0 Å². The number of hydrogen-bond acceptors (Lipinski definition) is 7. The Labute approximate surface area is 177 Å². The van der Waals surface area contributed by atoms with Crippen LogP contribution in [0.25, 0.3) is 0 Å². The molecule has 1 saturated heterocycles. The third kappa shape index (κ3) is 4.37. The molecule has 1 aromatic rings. The number of aliphatic imine (C=N–C) groups is 1. The molecule has 0 spiro atoms. The molecule has 1 aliphatic carbocycles. The van der Waals surface area contributed by atoms with Crippen molar-refractivity contribution < 1.29 is 19.1 Å². The summed E-state index contributed by atoms with van der Waals surface area (Å²) in [5, 5.41) is 0. The first-order chi connectivity index (χ1) is 14.3. The zero-order chi connectivity index (χ0) is 21.3. The molecule has 1 aromatic carbocycles. The normalized spacial score (nSPS) is 25.7. The van der Waals surface area contributed by atoms with E-state index >= 15 is 0 Å². The van der Waals surface area contributed by atoms with Crippen molar-refractivity contribution in [2.24, 2.45) is 16.3 Å². The highest BCUT2D eigenvalue weighted by atomic mass is 16.6. The van der Waals surface area contributed by atoms with Crippen LogP contribution < -0.4 is 0 Å². The van der Waals surface area contributed by atoms with Crippen LogP contribution in [0.15, 0.2) is 29.3 Å². The SMILES string of the molecule is CC1(C)CC(=O)C(C=NCCN2CCN([C@@H]3OC(=O)c4ccccc43)CC2)C(=O)C1. The van der Waals surface area contributed by atoms with E-state index < -0.39 is 5.92 Å². The molecule has 2 heterocycles. The van der Waals surface area contributed by atoms with Crippen LogP contribution in [-0.2, 0) is 14.3 Å². The fourth-order valence-electron chi connectivity index (χ4n) is 4.57. The van der Waals surface area contributed by atoms with Crippen LogP contribution in [0.3, 0.4) is 0 Å². The molecule has 4 rings (SSSR count). The molecule has 0 unspecified atom stereocenters. The Morgan fingerprint density at radius 1 is 1.07 bits per heavy atom. The topological polar surface area (TPSA) is 79.3 Å². The Hall–Kier alpha value is -2.38. The Bertz CT molecular complexity index is 851. The van der Waals surface area contributed by atoms with Gasteiger partial charge < -0.3 is 4.74 Å². The van der Waals surface area contributed by atoms with Crippen LogP contribution in [0.1, 0.15) is 48.8 Å². The van der Waals surface area contributed by atoms with Crippen molar-refractivity contribution in [1.29, 1.82) is 0 Å². The van der Waals surface area contributed by atoms with Crippen molar-refractivity contribution in [3.05, 3.63) is 35.4 Å². The zero-order valence-electron chi connectivity index (χ0n) is 17.7. The maximum atomic E-state index is 12.2. The highest BCUT2D eigenvalue weighted by Gasteiger charge is 2.39. The number of piperazine rings is 1. The van der Waals surface area contributed by atoms with Crippen LogP contribution in [0.2, 0.25) is 0 Å². The molecule has 160 valence electrons. The van der Waals surface area contributed by atoms with Crippen molar-refractivity contribution in [2.75, 3.05) is 39.3 Å². The lowest BCUT2D eigenvalue weighted by Crippen LogP contribution is -2.48. The number of esters is 1. The van der Waals surface area contributed by atoms with Gasteiger partial charge in [-0.15, -0.1) is 0 Å². The Balaban J connectivity index is 1.23. The second-order valence-electron chi connectivity index (χ2n) is 9.21. The van der Waals surface area contributed by atoms with E-state index in [4.69, 9.17) is 4.74 Å². The molecule has 0 aromatic heterocycles. The van der Waals surface area contributed by atoms with Gasteiger partial charge in [0.15, 0.2) is 6.23 Å². The lowest BCUT2D eigenvalue weighted by molar-refractivity contribution is -0.136. The molecule has 2 aliphatic heterocycles. The van der Waals surface area contributed by atoms with E-state index in [2.05, 4.69) is 14.8 Å². The molecular formula is C23H29N3O4. The summed E-state index contributed by atoms with van der Waals surface area (Å²) in [5.41, 5.74) is 1.38. The summed E-state index contributed by atoms with van der Waals surface area (Å²) in [6, 6.07) is 7.57. The molecule has 30 heavy (non-hydrogen) atoms. The minimum Gasteiger partial charge on any atom is -0.438 e. The van der Waals surface area contributed by atoms with Gasteiger partial charge in [-0.2, -0.15) is 0 Å². The molecule has 7 nitrogen and oxygen atoms in total. The van der Waals surface area contributed by atoms with Gasteiger partial charge in [0.25, 0.3) is 0 Å². The lowest BCUT2D eigenvalue weighted by atomic mass is 9.72. The first-order valence-electron chi connectivity index (χ1n) is 10.7. The van der Waals surface area contributed by atoms with Gasteiger partial charge in [-0.25, -0.2) is 4.79 Å². The van der Waals surface area contributed by atoms with Gasteiger partial charge in [0.1, 0.15) is 17.5 Å². The average Bonchev–Trinajstić information content (AvgIpc) is 3.03. The summed E-state index contributed by atoms with van der Waals surface area (Å²) in [5.74, 6) is -0.936. The maximum Gasteiger partial charge on any atom is 0.340 e. The molecule has 0 amide bonds. The summed E-state index contributed by atoms with van der Waals surface area (Å²) in [6.45, 7) is 8.62. The summed E-state index contributed by atoms with van der Waals surface area (Å²) >= 11 is 0. The van der Waals surface area contributed by atoms with Gasteiger partial charge in [-0.1, -0.05) is 32.0 Å². The van der Waals surface area contributed by atoms with Gasteiger partial charge in [-0.3, -0.25) is 24.4 Å². The van der Waals surface area contributed by atoms with Crippen molar-refractivity contribution in [2.45, 2.75) is 32.9 Å². The molecule has 0 N–H and O–H groups in total. The van der Waals surface area contributed by atoms with Gasteiger partial charge in [0, 0.05) is 57.3 Å². The maximum absolute atomic E-state index is 12.2. The van der Waals surface area contributed by atoms with E-state index in [0.29, 0.717) is 24.9 Å². The number of nitrogens with zero attached hydrogens (tertiary/aromatic N) is 3. The van der Waals surface area contributed by atoms with Crippen LogP contribution in [0.4, 0.5) is 0 Å². The lowest BCUT2D eigenvalue weighted by Gasteiger charge is -2.37. The first kappa shape index (κ1) is 20.9. The molecule has 0 bridgehead atoms. The number of carbonyl (C=O) groups is 3. The van der Waals surface area contributed by atoms with E-state index in [1.165, 1.54) is 0 Å². The zero-order valence-corrected chi connectivity index (χ0v) is 17.7. The Kier molecular flexibility index (Phi) is 5.84. The van der Waals surface area contributed by atoms with Crippen molar-refractivity contribution in [3.63, 3.8) is 0 Å². The van der Waals surface area contributed by atoms with Crippen LogP contribution >= 0.6 is 0 Å². The number of rotatable bonds is 5. The molecular weight excluding hydrogens is 382 g/mol. The number of Topliss-reactive ketones (excluding diaryl/α,β-unsaturated/α-hetero) is 2. The van der Waals surface area contributed by atoms with E-state index in [1.54, 1.807) is 6.21 Å². The van der Waals surface area contributed by atoms with E-state index in [-0.39, 0.29) is 29.2 Å². The van der Waals surface area contributed by atoms with Crippen LogP contribution in [-0.4, -0.2) is 72.8 Å². The molecule has 1 saturated carbocycles. The summed E-state index contributed by atoms with van der Waals surface area (Å²) in [7, 11) is 0. The highest BCUT2D eigenvalue weighted by molar-refractivity contribution is 6.16. The van der Waals surface area contributed by atoms with E-state index in [1.807, 2.05) is 38.1 Å². The number of ketones is 2. The predicted molar refractivity (Wildman–Crippen MR) is 112 cm³/mol. The van der Waals surface area contributed by atoms with Crippen LogP contribution in [0.5, 0.6) is 0 Å². The quantitative estimate of drug-likeness (QED) is 0.420. The third-order valence-electron chi connectivity index (χ3n) is 6.20. The first-order valence-corrected chi connectivity index (χ1v) is 10.7.